The molecule has 0 atom stereocenters. The molecule has 0 amide bonds. The van der Waals surface area contributed by atoms with Gasteiger partial charge in [-0.2, -0.15) is 0 Å². The molecule has 202 valence electrons. The van der Waals surface area contributed by atoms with Crippen molar-refractivity contribution in [3.63, 3.8) is 0 Å². The number of aromatic nitrogens is 1. The summed E-state index contributed by atoms with van der Waals surface area (Å²) in [5.74, 6) is 0. The quantitative estimate of drug-likeness (QED) is 0.0779. The summed E-state index contributed by atoms with van der Waals surface area (Å²) in [5, 5.41) is 1.07. The Bertz CT molecular complexity index is 763. The highest BCUT2D eigenvalue weighted by Crippen LogP contribution is 2.26. The van der Waals surface area contributed by atoms with Gasteiger partial charge in [-0.1, -0.05) is 115 Å². The van der Waals surface area contributed by atoms with E-state index in [0.29, 0.717) is 0 Å². The fourth-order valence-corrected chi connectivity index (χ4v) is 5.33. The van der Waals surface area contributed by atoms with Crippen LogP contribution in [0.5, 0.6) is 5.19 Å². The van der Waals surface area contributed by atoms with Crippen LogP contribution in [0.25, 0.3) is 10.2 Å². The second-order valence-electron chi connectivity index (χ2n) is 9.23. The predicted molar refractivity (Wildman–Crippen MR) is 143 cm³/mol. The van der Waals surface area contributed by atoms with Crippen molar-refractivity contribution in [1.82, 2.24) is 0 Å². The van der Waals surface area contributed by atoms with Crippen molar-refractivity contribution in [3.05, 3.63) is 24.3 Å². The number of rotatable bonds is 19. The van der Waals surface area contributed by atoms with Crippen LogP contribution in [0, 0.1) is 0 Å². The first-order valence-corrected chi connectivity index (χ1v) is 14.6. The summed E-state index contributed by atoms with van der Waals surface area (Å²) in [6.07, 6.45) is 22.5. The highest BCUT2D eigenvalue weighted by atomic mass is 32.1. The minimum atomic E-state index is -6.00. The Balaban J connectivity index is 0.00000111. The molecule has 2 rings (SSSR count). The van der Waals surface area contributed by atoms with Gasteiger partial charge in [-0.15, -0.1) is 4.57 Å². The number of hydrogen-bond acceptors (Lipinski definition) is 2. The molecule has 0 aliphatic rings. The van der Waals surface area contributed by atoms with Gasteiger partial charge in [0.2, 0.25) is 5.52 Å². The summed E-state index contributed by atoms with van der Waals surface area (Å²) in [4.78, 5) is 0. The summed E-state index contributed by atoms with van der Waals surface area (Å²) in [6, 6.07) is 8.60. The second-order valence-corrected chi connectivity index (χ2v) is 10.2. The van der Waals surface area contributed by atoms with Gasteiger partial charge in [0.05, 0.1) is 6.61 Å². The van der Waals surface area contributed by atoms with Gasteiger partial charge in [0.25, 0.3) is 0 Å². The van der Waals surface area contributed by atoms with E-state index in [1.165, 1.54) is 113 Å². The maximum Gasteiger partial charge on any atom is 0.673 e. The fraction of sp³-hybridized carbons (Fsp3) is 0.741. The Labute approximate surface area is 214 Å². The standard InChI is InChI=1S/C27H46NOS.BF4/c1-3-5-6-7-8-9-10-11-12-13-14-15-16-17-18-21-24-29-27-28(4-2)25-22-19-20-23-26(25)30-27;2-1(3,4)5/h19-20,22-23H,3-18,21,24H2,1-2H3;/q+1;-1. The number of aryl methyl sites for hydroxylation is 1. The Kier molecular flexibility index (Phi) is 18.0. The van der Waals surface area contributed by atoms with E-state index in [-0.39, 0.29) is 0 Å². The van der Waals surface area contributed by atoms with Crippen molar-refractivity contribution < 1.29 is 26.6 Å². The van der Waals surface area contributed by atoms with E-state index < -0.39 is 7.25 Å². The van der Waals surface area contributed by atoms with Gasteiger partial charge in [-0.05, 0) is 30.7 Å². The largest absolute Gasteiger partial charge is 0.673 e. The average Bonchev–Trinajstić information content (AvgIpc) is 3.17. The molecule has 0 spiro atoms. The van der Waals surface area contributed by atoms with Crippen molar-refractivity contribution in [2.24, 2.45) is 0 Å². The van der Waals surface area contributed by atoms with E-state index in [9.17, 15) is 17.3 Å². The fourth-order valence-electron chi connectivity index (χ4n) is 4.23. The van der Waals surface area contributed by atoms with Crippen LogP contribution < -0.4 is 9.30 Å². The number of hydrogen-bond donors (Lipinski definition) is 0. The Hall–Kier alpha value is -1.31. The first-order chi connectivity index (χ1) is 16.9. The minimum absolute atomic E-state index is 0.852. The third-order valence-electron chi connectivity index (χ3n) is 6.11. The number of para-hydroxylation sites is 1. The lowest BCUT2D eigenvalue weighted by molar-refractivity contribution is -0.669. The van der Waals surface area contributed by atoms with Crippen molar-refractivity contribution in [2.45, 2.75) is 123 Å². The number of unbranched alkanes of at least 4 members (excludes halogenated alkanes) is 15. The molecule has 0 fully saturated rings. The number of benzene rings is 1. The van der Waals surface area contributed by atoms with Gasteiger partial charge in [-0.3, -0.25) is 0 Å². The molecule has 8 heteroatoms. The maximum atomic E-state index is 9.75. The second kappa shape index (κ2) is 19.8. The molecule has 0 saturated carbocycles. The molecule has 0 aliphatic carbocycles. The van der Waals surface area contributed by atoms with Crippen LogP contribution >= 0.6 is 11.3 Å². The van der Waals surface area contributed by atoms with Gasteiger partial charge in [-0.25, -0.2) is 0 Å². The lowest BCUT2D eigenvalue weighted by Crippen LogP contribution is -2.32. The van der Waals surface area contributed by atoms with Crippen LogP contribution in [0.15, 0.2) is 24.3 Å². The minimum Gasteiger partial charge on any atom is -0.436 e. The van der Waals surface area contributed by atoms with Crippen LogP contribution in [-0.2, 0) is 6.54 Å². The topological polar surface area (TPSA) is 13.1 Å². The van der Waals surface area contributed by atoms with Gasteiger partial charge in [0, 0.05) is 6.07 Å². The third-order valence-corrected chi connectivity index (χ3v) is 7.19. The number of ether oxygens (including phenoxy) is 1. The maximum absolute atomic E-state index is 9.75. The summed E-state index contributed by atoms with van der Waals surface area (Å²) in [6.45, 7) is 6.31. The van der Waals surface area contributed by atoms with Crippen molar-refractivity contribution >= 4 is 28.8 Å². The zero-order valence-corrected chi connectivity index (χ0v) is 22.7. The zero-order chi connectivity index (χ0) is 25.8. The van der Waals surface area contributed by atoms with Crippen molar-refractivity contribution in [2.75, 3.05) is 6.61 Å². The van der Waals surface area contributed by atoms with Crippen molar-refractivity contribution in [3.8, 4) is 5.19 Å². The van der Waals surface area contributed by atoms with Gasteiger partial charge >= 0.3 is 12.4 Å². The lowest BCUT2D eigenvalue weighted by Gasteiger charge is -2.04. The van der Waals surface area contributed by atoms with Crippen molar-refractivity contribution in [1.29, 1.82) is 0 Å². The van der Waals surface area contributed by atoms with E-state index in [2.05, 4.69) is 42.7 Å². The van der Waals surface area contributed by atoms with Gasteiger partial charge < -0.3 is 22.0 Å². The first kappa shape index (κ1) is 31.7. The molecule has 2 nitrogen and oxygen atoms in total. The van der Waals surface area contributed by atoms with E-state index in [1.807, 2.05) is 0 Å². The van der Waals surface area contributed by atoms with Gasteiger partial charge in [0.1, 0.15) is 4.70 Å². The Morgan fingerprint density at radius 2 is 1.11 bits per heavy atom. The number of fused-ring (bicyclic) bond motifs is 1. The molecule has 1 aromatic carbocycles. The molecule has 0 unspecified atom stereocenters. The molecule has 1 aromatic heterocycles. The molecular weight excluding hydrogens is 473 g/mol. The molecular formula is C27H46BF4NOS. The van der Waals surface area contributed by atoms with E-state index in [4.69, 9.17) is 4.74 Å². The highest BCUT2D eigenvalue weighted by Gasteiger charge is 2.21. The summed E-state index contributed by atoms with van der Waals surface area (Å²) >= 11 is 1.78. The van der Waals surface area contributed by atoms with E-state index in [1.54, 1.807) is 11.3 Å². The number of thiazole rings is 1. The highest BCUT2D eigenvalue weighted by molar-refractivity contribution is 7.19. The molecule has 0 saturated heterocycles. The lowest BCUT2D eigenvalue weighted by atomic mass is 10.0. The monoisotopic (exact) mass is 519 g/mol. The zero-order valence-electron chi connectivity index (χ0n) is 21.9. The average molecular weight is 520 g/mol. The molecule has 0 aliphatic heterocycles. The molecule has 0 radical (unpaired) electrons. The normalized spacial score (nSPS) is 11.5. The first-order valence-electron chi connectivity index (χ1n) is 13.8. The number of nitrogens with zero attached hydrogens (tertiary/aromatic N) is 1. The van der Waals surface area contributed by atoms with Crippen LogP contribution in [0.3, 0.4) is 0 Å². The van der Waals surface area contributed by atoms with Crippen LogP contribution in [0.1, 0.15) is 117 Å². The SMILES string of the molecule is CCCCCCCCCCCCCCCCCCOc1sc2ccccc2[n+]1CC.F[B-](F)(F)F. The third kappa shape index (κ3) is 16.9. The smallest absolute Gasteiger partial charge is 0.436 e. The predicted octanol–water partition coefficient (Wildman–Crippen LogP) is 10.1. The van der Waals surface area contributed by atoms with E-state index >= 15 is 0 Å². The molecule has 35 heavy (non-hydrogen) atoms. The Morgan fingerprint density at radius 1 is 0.686 bits per heavy atom. The molecule has 0 bridgehead atoms. The molecule has 1 heterocycles. The molecule has 2 aromatic rings. The number of halogens is 4. The summed E-state index contributed by atoms with van der Waals surface area (Å²) in [7, 11) is -6.00. The summed E-state index contributed by atoms with van der Waals surface area (Å²) in [5.41, 5.74) is 1.30. The van der Waals surface area contributed by atoms with Gasteiger partial charge in [0.15, 0.2) is 6.54 Å². The van der Waals surface area contributed by atoms with Crippen LogP contribution in [0.2, 0.25) is 0 Å². The molecule has 0 N–H and O–H groups in total. The Morgan fingerprint density at radius 3 is 1.57 bits per heavy atom. The van der Waals surface area contributed by atoms with E-state index in [0.717, 1.165) is 18.3 Å². The summed E-state index contributed by atoms with van der Waals surface area (Å²) < 4.78 is 48.7. The van der Waals surface area contributed by atoms with Crippen LogP contribution in [-0.4, -0.2) is 13.9 Å². The van der Waals surface area contributed by atoms with Crippen LogP contribution in [0.4, 0.5) is 17.3 Å².